The fraction of sp³-hybridized carbons (Fsp3) is 0.0625. The van der Waals surface area contributed by atoms with Crippen molar-refractivity contribution in [3.8, 4) is 23.1 Å². The van der Waals surface area contributed by atoms with E-state index in [0.717, 1.165) is 16.5 Å². The average molecular weight is 546 g/mol. The zero-order valence-corrected chi connectivity index (χ0v) is 21.9. The number of carbonyl (C=O) groups is 1. The molecule has 6 aromatic rings. The fourth-order valence-electron chi connectivity index (χ4n) is 4.45. The highest BCUT2D eigenvalue weighted by molar-refractivity contribution is 5.89. The highest BCUT2D eigenvalue weighted by atomic mass is 16.5. The quantitative estimate of drug-likeness (QED) is 0.234. The van der Waals surface area contributed by atoms with Gasteiger partial charge in [-0.05, 0) is 77.9 Å². The normalized spacial score (nSPS) is 11.3. The summed E-state index contributed by atoms with van der Waals surface area (Å²) < 4.78 is 18.6. The van der Waals surface area contributed by atoms with Crippen LogP contribution in [0.25, 0.3) is 33.5 Å². The summed E-state index contributed by atoms with van der Waals surface area (Å²) >= 11 is 0. The SMILES string of the molecule is COc1cccc2oc(-c3nc4ccccc4c(=O)n3N=Cc3ccc(OCc4cccc(C(=O)O)c4)cc3)cc12. The molecule has 41 heavy (non-hydrogen) atoms. The predicted molar refractivity (Wildman–Crippen MR) is 155 cm³/mol. The van der Waals surface area contributed by atoms with Crippen molar-refractivity contribution in [2.45, 2.75) is 6.61 Å². The standard InChI is InChI=1S/C32H23N3O6/c1-39-27-10-5-11-28-25(27)17-29(41-28)30-34-26-9-3-2-8-24(26)31(36)35(30)33-18-20-12-14-23(15-13-20)40-19-21-6-4-7-22(16-21)32(37)38/h2-18H,19H2,1H3,(H,37,38). The van der Waals surface area contributed by atoms with Gasteiger partial charge in [-0.3, -0.25) is 4.79 Å². The van der Waals surface area contributed by atoms with E-state index in [0.29, 0.717) is 33.7 Å². The number of hydrogen-bond donors (Lipinski definition) is 1. The molecule has 0 fully saturated rings. The summed E-state index contributed by atoms with van der Waals surface area (Å²) in [6.45, 7) is 0.221. The molecule has 0 spiro atoms. The zero-order valence-electron chi connectivity index (χ0n) is 21.9. The van der Waals surface area contributed by atoms with Crippen molar-refractivity contribution in [3.05, 3.63) is 124 Å². The molecule has 0 aliphatic heterocycles. The molecule has 0 saturated heterocycles. The molecule has 0 aliphatic rings. The Kier molecular flexibility index (Phi) is 6.75. The van der Waals surface area contributed by atoms with E-state index in [-0.39, 0.29) is 23.6 Å². The van der Waals surface area contributed by atoms with Gasteiger partial charge in [-0.25, -0.2) is 9.78 Å². The zero-order chi connectivity index (χ0) is 28.3. The minimum absolute atomic E-state index is 0.206. The van der Waals surface area contributed by atoms with Crippen molar-refractivity contribution < 1.29 is 23.8 Å². The third-order valence-electron chi connectivity index (χ3n) is 6.50. The van der Waals surface area contributed by atoms with Crippen molar-refractivity contribution in [1.82, 2.24) is 9.66 Å². The predicted octanol–water partition coefficient (Wildman–Crippen LogP) is 5.98. The molecule has 0 saturated carbocycles. The molecular formula is C32H23N3O6. The molecule has 1 N–H and O–H groups in total. The Bertz CT molecular complexity index is 1990. The van der Waals surface area contributed by atoms with E-state index in [9.17, 15) is 14.7 Å². The van der Waals surface area contributed by atoms with Crippen LogP contribution in [0.1, 0.15) is 21.5 Å². The Hall–Kier alpha value is -5.70. The maximum Gasteiger partial charge on any atom is 0.335 e. The molecule has 4 aromatic carbocycles. The number of carboxylic acids is 1. The number of carboxylic acid groups (broad SMARTS) is 1. The third-order valence-corrected chi connectivity index (χ3v) is 6.50. The minimum atomic E-state index is -0.987. The van der Waals surface area contributed by atoms with Crippen molar-refractivity contribution in [2.75, 3.05) is 7.11 Å². The van der Waals surface area contributed by atoms with Crippen LogP contribution < -0.4 is 15.0 Å². The van der Waals surface area contributed by atoms with Gasteiger partial charge < -0.3 is 19.0 Å². The molecule has 2 aromatic heterocycles. The number of aromatic carboxylic acids is 1. The molecule has 0 aliphatic carbocycles. The van der Waals surface area contributed by atoms with Gasteiger partial charge >= 0.3 is 5.97 Å². The van der Waals surface area contributed by atoms with Crippen molar-refractivity contribution >= 4 is 34.1 Å². The van der Waals surface area contributed by atoms with Gasteiger partial charge in [0.15, 0.2) is 5.76 Å². The van der Waals surface area contributed by atoms with Crippen LogP contribution >= 0.6 is 0 Å². The molecule has 0 bridgehead atoms. The molecule has 0 amide bonds. The van der Waals surface area contributed by atoms with E-state index in [1.807, 2.05) is 24.3 Å². The van der Waals surface area contributed by atoms with Crippen LogP contribution in [0.15, 0.2) is 111 Å². The summed E-state index contributed by atoms with van der Waals surface area (Å²) in [5.41, 5.74) is 2.47. The van der Waals surface area contributed by atoms with E-state index in [4.69, 9.17) is 18.9 Å². The summed E-state index contributed by atoms with van der Waals surface area (Å²) in [5.74, 6) is 0.892. The summed E-state index contributed by atoms with van der Waals surface area (Å²) in [5, 5.41) is 14.9. The van der Waals surface area contributed by atoms with Crippen molar-refractivity contribution in [3.63, 3.8) is 0 Å². The number of fused-ring (bicyclic) bond motifs is 2. The Labute approximate surface area is 233 Å². The lowest BCUT2D eigenvalue weighted by Gasteiger charge is -2.08. The van der Waals surface area contributed by atoms with Gasteiger partial charge in [0, 0.05) is 0 Å². The number of benzene rings is 4. The molecule has 6 rings (SSSR count). The van der Waals surface area contributed by atoms with Gasteiger partial charge in [-0.2, -0.15) is 9.78 Å². The second-order valence-electron chi connectivity index (χ2n) is 9.16. The summed E-state index contributed by atoms with van der Waals surface area (Å²) in [6.07, 6.45) is 1.56. The van der Waals surface area contributed by atoms with Crippen molar-refractivity contribution in [2.24, 2.45) is 5.10 Å². The van der Waals surface area contributed by atoms with Crippen LogP contribution in [0, 0.1) is 0 Å². The molecule has 9 nitrogen and oxygen atoms in total. The van der Waals surface area contributed by atoms with Gasteiger partial charge in [-0.1, -0.05) is 30.3 Å². The minimum Gasteiger partial charge on any atom is -0.496 e. The summed E-state index contributed by atoms with van der Waals surface area (Å²) in [6, 6.07) is 28.1. The highest BCUT2D eigenvalue weighted by Crippen LogP contribution is 2.32. The first-order valence-electron chi connectivity index (χ1n) is 12.7. The lowest BCUT2D eigenvalue weighted by Crippen LogP contribution is -2.20. The monoisotopic (exact) mass is 545 g/mol. The van der Waals surface area contributed by atoms with E-state index < -0.39 is 5.97 Å². The topological polar surface area (TPSA) is 116 Å². The fourth-order valence-corrected chi connectivity index (χ4v) is 4.45. The van der Waals surface area contributed by atoms with Gasteiger partial charge in [-0.15, -0.1) is 0 Å². The van der Waals surface area contributed by atoms with Crippen LogP contribution in [0.4, 0.5) is 0 Å². The van der Waals surface area contributed by atoms with Gasteiger partial charge in [0.05, 0.1) is 35.2 Å². The van der Waals surface area contributed by atoms with Crippen LogP contribution in [-0.2, 0) is 6.61 Å². The Balaban J connectivity index is 1.31. The second kappa shape index (κ2) is 10.8. The molecule has 0 atom stereocenters. The van der Waals surface area contributed by atoms with E-state index in [1.165, 1.54) is 10.7 Å². The van der Waals surface area contributed by atoms with E-state index >= 15 is 0 Å². The third kappa shape index (κ3) is 5.16. The molecule has 202 valence electrons. The maximum atomic E-state index is 13.5. The largest absolute Gasteiger partial charge is 0.496 e. The lowest BCUT2D eigenvalue weighted by atomic mass is 10.1. The first kappa shape index (κ1) is 25.6. The Morgan fingerprint density at radius 2 is 1.78 bits per heavy atom. The number of methoxy groups -OCH3 is 1. The number of hydrogen-bond acceptors (Lipinski definition) is 7. The molecule has 0 radical (unpaired) electrons. The number of para-hydroxylation sites is 1. The average Bonchev–Trinajstić information content (AvgIpc) is 3.45. The Morgan fingerprint density at radius 1 is 0.976 bits per heavy atom. The molecule has 2 heterocycles. The van der Waals surface area contributed by atoms with Gasteiger partial charge in [0.1, 0.15) is 23.7 Å². The van der Waals surface area contributed by atoms with Crippen LogP contribution in [0.2, 0.25) is 0 Å². The first-order chi connectivity index (χ1) is 20.0. The van der Waals surface area contributed by atoms with E-state index in [2.05, 4.69) is 5.10 Å². The molecule has 9 heteroatoms. The van der Waals surface area contributed by atoms with Crippen LogP contribution in [-0.4, -0.2) is 34.1 Å². The number of nitrogens with zero attached hydrogens (tertiary/aromatic N) is 3. The molecular weight excluding hydrogens is 522 g/mol. The summed E-state index contributed by atoms with van der Waals surface area (Å²) in [4.78, 5) is 29.4. The van der Waals surface area contributed by atoms with Gasteiger partial charge in [0.25, 0.3) is 5.56 Å². The Morgan fingerprint density at radius 3 is 2.59 bits per heavy atom. The number of furan rings is 1. The number of rotatable bonds is 8. The van der Waals surface area contributed by atoms with Crippen molar-refractivity contribution in [1.29, 1.82) is 0 Å². The molecule has 0 unspecified atom stereocenters. The smallest absolute Gasteiger partial charge is 0.335 e. The summed E-state index contributed by atoms with van der Waals surface area (Å²) in [7, 11) is 1.59. The first-order valence-corrected chi connectivity index (χ1v) is 12.7. The number of aromatic nitrogens is 2. The van der Waals surface area contributed by atoms with Crippen LogP contribution in [0.5, 0.6) is 11.5 Å². The maximum absolute atomic E-state index is 13.5. The van der Waals surface area contributed by atoms with Crippen LogP contribution in [0.3, 0.4) is 0 Å². The number of ether oxygens (including phenoxy) is 2. The lowest BCUT2D eigenvalue weighted by molar-refractivity contribution is 0.0696. The highest BCUT2D eigenvalue weighted by Gasteiger charge is 2.18. The second-order valence-corrected chi connectivity index (χ2v) is 9.16. The van der Waals surface area contributed by atoms with E-state index in [1.54, 1.807) is 80.1 Å². The van der Waals surface area contributed by atoms with Gasteiger partial charge in [0.2, 0.25) is 5.82 Å².